The molecule has 4 aromatic carbocycles. The van der Waals surface area contributed by atoms with Crippen LogP contribution >= 0.6 is 15.9 Å². The molecule has 0 saturated heterocycles. The number of anilines is 1. The molecule has 0 saturated carbocycles. The SMILES string of the molecule is CCCCNC(=O)C(Cc1ccccc1)N(Cc1cccc(Br)c1)C(=O)CN(c1ccccc1)S(=O)(=O)c1ccccc1. The van der Waals surface area contributed by atoms with E-state index in [1.807, 2.05) is 61.5 Å². The first kappa shape index (κ1) is 32.0. The number of amides is 2. The molecule has 43 heavy (non-hydrogen) atoms. The maximum absolute atomic E-state index is 14.4. The topological polar surface area (TPSA) is 86.8 Å². The van der Waals surface area contributed by atoms with Gasteiger partial charge < -0.3 is 10.2 Å². The highest BCUT2D eigenvalue weighted by Gasteiger charge is 2.34. The van der Waals surface area contributed by atoms with E-state index in [2.05, 4.69) is 21.2 Å². The Labute approximate surface area is 262 Å². The van der Waals surface area contributed by atoms with Crippen molar-refractivity contribution in [2.24, 2.45) is 0 Å². The second-order valence-corrected chi connectivity index (χ2v) is 12.9. The number of carbonyl (C=O) groups excluding carboxylic acids is 2. The summed E-state index contributed by atoms with van der Waals surface area (Å²) in [6, 6.07) is 32.8. The summed E-state index contributed by atoms with van der Waals surface area (Å²) in [7, 11) is -4.11. The van der Waals surface area contributed by atoms with Crippen molar-refractivity contribution in [3.63, 3.8) is 0 Å². The van der Waals surface area contributed by atoms with Crippen LogP contribution in [0.25, 0.3) is 0 Å². The second kappa shape index (κ2) is 15.5. The molecule has 0 aliphatic carbocycles. The van der Waals surface area contributed by atoms with Crippen molar-refractivity contribution in [3.05, 3.63) is 131 Å². The van der Waals surface area contributed by atoms with Gasteiger partial charge in [0.2, 0.25) is 11.8 Å². The van der Waals surface area contributed by atoms with Gasteiger partial charge in [0, 0.05) is 24.0 Å². The number of hydrogen-bond donors (Lipinski definition) is 1. The van der Waals surface area contributed by atoms with E-state index < -0.39 is 28.5 Å². The van der Waals surface area contributed by atoms with E-state index >= 15 is 0 Å². The average Bonchev–Trinajstić information content (AvgIpc) is 3.03. The maximum atomic E-state index is 14.4. The van der Waals surface area contributed by atoms with E-state index in [0.717, 1.165) is 32.7 Å². The zero-order valence-electron chi connectivity index (χ0n) is 24.1. The number of benzene rings is 4. The minimum Gasteiger partial charge on any atom is -0.354 e. The van der Waals surface area contributed by atoms with Gasteiger partial charge in [0.25, 0.3) is 10.0 Å². The Morgan fingerprint density at radius 2 is 1.42 bits per heavy atom. The van der Waals surface area contributed by atoms with Gasteiger partial charge in [0.1, 0.15) is 12.6 Å². The molecule has 0 spiro atoms. The van der Waals surface area contributed by atoms with Crippen molar-refractivity contribution in [2.75, 3.05) is 17.4 Å². The normalized spacial score (nSPS) is 11.9. The Hall–Kier alpha value is -3.95. The predicted molar refractivity (Wildman–Crippen MR) is 174 cm³/mol. The third-order valence-electron chi connectivity index (χ3n) is 7.00. The molecule has 1 N–H and O–H groups in total. The molecule has 1 atom stereocenters. The summed E-state index contributed by atoms with van der Waals surface area (Å²) in [5, 5.41) is 3.00. The zero-order chi connectivity index (χ0) is 30.7. The van der Waals surface area contributed by atoms with Gasteiger partial charge >= 0.3 is 0 Å². The van der Waals surface area contributed by atoms with E-state index in [1.54, 1.807) is 48.5 Å². The van der Waals surface area contributed by atoms with Crippen molar-refractivity contribution < 1.29 is 18.0 Å². The van der Waals surface area contributed by atoms with Crippen LogP contribution in [0.1, 0.15) is 30.9 Å². The summed E-state index contributed by atoms with van der Waals surface area (Å²) >= 11 is 3.50. The predicted octanol–water partition coefficient (Wildman–Crippen LogP) is 6.20. The Morgan fingerprint density at radius 3 is 2.05 bits per heavy atom. The lowest BCUT2D eigenvalue weighted by Crippen LogP contribution is -2.53. The van der Waals surface area contributed by atoms with Gasteiger partial charge in [-0.25, -0.2) is 8.42 Å². The Bertz CT molecular complexity index is 1590. The number of nitrogens with zero attached hydrogens (tertiary/aromatic N) is 2. The molecule has 0 radical (unpaired) electrons. The van der Waals surface area contributed by atoms with Crippen molar-refractivity contribution >= 4 is 43.5 Å². The average molecular weight is 663 g/mol. The highest BCUT2D eigenvalue weighted by Crippen LogP contribution is 2.25. The van der Waals surface area contributed by atoms with Crippen molar-refractivity contribution in [1.82, 2.24) is 10.2 Å². The molecule has 1 unspecified atom stereocenters. The van der Waals surface area contributed by atoms with Crippen molar-refractivity contribution in [3.8, 4) is 0 Å². The number of halogens is 1. The molecule has 0 aliphatic rings. The molecule has 4 aromatic rings. The minimum atomic E-state index is -4.11. The summed E-state index contributed by atoms with van der Waals surface area (Å²) in [6.07, 6.45) is 1.99. The molecule has 0 aliphatic heterocycles. The third kappa shape index (κ3) is 8.78. The fourth-order valence-electron chi connectivity index (χ4n) is 4.73. The van der Waals surface area contributed by atoms with Gasteiger partial charge in [-0.2, -0.15) is 0 Å². The first-order chi connectivity index (χ1) is 20.8. The molecular weight excluding hydrogens is 626 g/mol. The number of para-hydroxylation sites is 1. The minimum absolute atomic E-state index is 0.0725. The molecule has 224 valence electrons. The van der Waals surface area contributed by atoms with Crippen LogP contribution in [0.3, 0.4) is 0 Å². The van der Waals surface area contributed by atoms with Crippen LogP contribution in [0.4, 0.5) is 5.69 Å². The molecule has 0 bridgehead atoms. The standard InChI is InChI=1S/C34H36BrN3O4S/c1-2-3-22-36-34(40)32(24-27-14-7-4-8-15-27)37(25-28-16-13-17-29(35)23-28)33(39)26-38(30-18-9-5-10-19-30)43(41,42)31-20-11-6-12-21-31/h4-21,23,32H,2-3,22,24-26H2,1H3,(H,36,40). The van der Waals surface area contributed by atoms with E-state index in [-0.39, 0.29) is 23.8 Å². The van der Waals surface area contributed by atoms with Crippen LogP contribution in [0.15, 0.2) is 125 Å². The molecule has 0 heterocycles. The zero-order valence-corrected chi connectivity index (χ0v) is 26.5. The molecular formula is C34H36BrN3O4S. The van der Waals surface area contributed by atoms with Gasteiger partial charge in [-0.05, 0) is 53.9 Å². The fraction of sp³-hybridized carbons (Fsp3) is 0.235. The number of hydrogen-bond acceptors (Lipinski definition) is 4. The van der Waals surface area contributed by atoms with Crippen LogP contribution in [0, 0.1) is 0 Å². The van der Waals surface area contributed by atoms with Crippen LogP contribution in [-0.2, 0) is 32.6 Å². The van der Waals surface area contributed by atoms with Crippen LogP contribution in [0.2, 0.25) is 0 Å². The molecule has 0 aromatic heterocycles. The van der Waals surface area contributed by atoms with Gasteiger partial charge in [0.05, 0.1) is 10.6 Å². The van der Waals surface area contributed by atoms with E-state index in [1.165, 1.54) is 17.0 Å². The lowest BCUT2D eigenvalue weighted by molar-refractivity contribution is -0.140. The second-order valence-electron chi connectivity index (χ2n) is 10.2. The van der Waals surface area contributed by atoms with Crippen LogP contribution in [-0.4, -0.2) is 44.3 Å². The Kier molecular flexibility index (Phi) is 11.5. The lowest BCUT2D eigenvalue weighted by atomic mass is 10.0. The van der Waals surface area contributed by atoms with Gasteiger partial charge in [-0.1, -0.05) is 108 Å². The fourth-order valence-corrected chi connectivity index (χ4v) is 6.62. The Balaban J connectivity index is 1.76. The number of nitrogens with one attached hydrogen (secondary N) is 1. The summed E-state index contributed by atoms with van der Waals surface area (Å²) < 4.78 is 29.8. The summed E-state index contributed by atoms with van der Waals surface area (Å²) in [5.74, 6) is -0.771. The number of unbranched alkanes of at least 4 members (excludes halogenated alkanes) is 1. The smallest absolute Gasteiger partial charge is 0.264 e. The largest absolute Gasteiger partial charge is 0.354 e. The summed E-state index contributed by atoms with van der Waals surface area (Å²) in [6.45, 7) is 2.16. The highest BCUT2D eigenvalue weighted by atomic mass is 79.9. The quantitative estimate of drug-likeness (QED) is 0.163. The molecule has 2 amide bonds. The van der Waals surface area contributed by atoms with E-state index in [0.29, 0.717) is 12.2 Å². The number of carbonyl (C=O) groups is 2. The van der Waals surface area contributed by atoms with E-state index in [9.17, 15) is 18.0 Å². The molecule has 4 rings (SSSR count). The highest BCUT2D eigenvalue weighted by molar-refractivity contribution is 9.10. The number of rotatable bonds is 14. The molecule has 7 nitrogen and oxygen atoms in total. The first-order valence-electron chi connectivity index (χ1n) is 14.3. The monoisotopic (exact) mass is 661 g/mol. The maximum Gasteiger partial charge on any atom is 0.264 e. The van der Waals surface area contributed by atoms with Crippen molar-refractivity contribution in [2.45, 2.75) is 43.7 Å². The van der Waals surface area contributed by atoms with Gasteiger partial charge in [0.15, 0.2) is 0 Å². The van der Waals surface area contributed by atoms with Crippen LogP contribution < -0.4 is 9.62 Å². The lowest BCUT2D eigenvalue weighted by Gasteiger charge is -2.34. The Morgan fingerprint density at radius 1 is 0.814 bits per heavy atom. The van der Waals surface area contributed by atoms with Crippen molar-refractivity contribution in [1.29, 1.82) is 0 Å². The number of sulfonamides is 1. The van der Waals surface area contributed by atoms with Gasteiger partial charge in [-0.15, -0.1) is 0 Å². The van der Waals surface area contributed by atoms with Gasteiger partial charge in [-0.3, -0.25) is 13.9 Å². The van der Waals surface area contributed by atoms with Crippen LogP contribution in [0.5, 0.6) is 0 Å². The molecule has 9 heteroatoms. The van der Waals surface area contributed by atoms with E-state index in [4.69, 9.17) is 0 Å². The summed E-state index contributed by atoms with van der Waals surface area (Å²) in [4.78, 5) is 29.7. The third-order valence-corrected chi connectivity index (χ3v) is 9.28. The summed E-state index contributed by atoms with van der Waals surface area (Å²) in [5.41, 5.74) is 2.05. The molecule has 0 fully saturated rings. The first-order valence-corrected chi connectivity index (χ1v) is 16.5.